The second-order valence-corrected chi connectivity index (χ2v) is 7.09. The highest BCUT2D eigenvalue weighted by molar-refractivity contribution is 5.78. The molecule has 31 heavy (non-hydrogen) atoms. The molecule has 0 heterocycles. The molecule has 6 nitrogen and oxygen atoms in total. The molecule has 0 saturated carbocycles. The van der Waals surface area contributed by atoms with E-state index in [9.17, 15) is 14.0 Å². The van der Waals surface area contributed by atoms with Crippen LogP contribution in [0.3, 0.4) is 0 Å². The van der Waals surface area contributed by atoms with E-state index in [2.05, 4.69) is 5.32 Å². The molecular formula is C24H24FN3O3. The number of nitrogens with two attached hydrogens (primary N) is 1. The zero-order chi connectivity index (χ0) is 22.2. The number of amides is 3. The van der Waals surface area contributed by atoms with E-state index in [0.29, 0.717) is 22.6 Å². The number of nitrogens with one attached hydrogen (secondary N) is 1. The number of hydrogen-bond donors (Lipinski definition) is 2. The molecule has 7 heteroatoms. The number of ether oxygens (including phenoxy) is 1. The van der Waals surface area contributed by atoms with Gasteiger partial charge in [-0.2, -0.15) is 0 Å². The maximum atomic E-state index is 13.9. The lowest BCUT2D eigenvalue weighted by Gasteiger charge is -2.23. The van der Waals surface area contributed by atoms with Crippen LogP contribution in [0.15, 0.2) is 78.9 Å². The molecule has 3 rings (SSSR count). The minimum Gasteiger partial charge on any atom is -0.457 e. The van der Waals surface area contributed by atoms with Crippen LogP contribution in [-0.4, -0.2) is 23.9 Å². The lowest BCUT2D eigenvalue weighted by molar-refractivity contribution is -0.131. The molecule has 160 valence electrons. The van der Waals surface area contributed by atoms with Crippen LogP contribution < -0.4 is 15.8 Å². The van der Waals surface area contributed by atoms with Gasteiger partial charge in [0.15, 0.2) is 0 Å². The molecule has 0 bridgehead atoms. The molecule has 3 aromatic rings. The zero-order valence-electron chi connectivity index (χ0n) is 17.1. The maximum Gasteiger partial charge on any atom is 0.312 e. The van der Waals surface area contributed by atoms with Crippen LogP contribution in [-0.2, 0) is 11.3 Å². The van der Waals surface area contributed by atoms with Crippen LogP contribution in [0, 0.1) is 5.82 Å². The summed E-state index contributed by atoms with van der Waals surface area (Å²) < 4.78 is 19.7. The first kappa shape index (κ1) is 21.8. The molecule has 1 atom stereocenters. The molecule has 1 unspecified atom stereocenters. The Hall–Kier alpha value is -3.87. The second kappa shape index (κ2) is 10.2. The topological polar surface area (TPSA) is 84.7 Å². The summed E-state index contributed by atoms with van der Waals surface area (Å²) in [5, 5.41) is 2.61. The molecule has 0 saturated heterocycles. The van der Waals surface area contributed by atoms with Gasteiger partial charge in [-0.1, -0.05) is 48.5 Å². The van der Waals surface area contributed by atoms with Gasteiger partial charge < -0.3 is 20.7 Å². The van der Waals surface area contributed by atoms with Gasteiger partial charge in [-0.05, 0) is 35.9 Å². The monoisotopic (exact) mass is 421 g/mol. The van der Waals surface area contributed by atoms with Gasteiger partial charge in [0.25, 0.3) is 0 Å². The summed E-state index contributed by atoms with van der Waals surface area (Å²) in [7, 11) is 1.59. The molecule has 3 N–H and O–H groups in total. The van der Waals surface area contributed by atoms with Gasteiger partial charge in [-0.25, -0.2) is 9.18 Å². The quantitative estimate of drug-likeness (QED) is 0.566. The summed E-state index contributed by atoms with van der Waals surface area (Å²) in [5.41, 5.74) is 6.41. The molecule has 0 aliphatic heterocycles. The molecule has 0 aromatic heterocycles. The van der Waals surface area contributed by atoms with E-state index in [-0.39, 0.29) is 24.7 Å². The Morgan fingerprint density at radius 1 is 1.00 bits per heavy atom. The van der Waals surface area contributed by atoms with Crippen molar-refractivity contribution < 1.29 is 18.7 Å². The fourth-order valence-corrected chi connectivity index (χ4v) is 3.14. The highest BCUT2D eigenvalue weighted by Crippen LogP contribution is 2.26. The van der Waals surface area contributed by atoms with Crippen molar-refractivity contribution in [1.82, 2.24) is 10.2 Å². The summed E-state index contributed by atoms with van der Waals surface area (Å²) >= 11 is 0. The van der Waals surface area contributed by atoms with Gasteiger partial charge in [0.05, 0.1) is 12.5 Å². The average molecular weight is 421 g/mol. The van der Waals surface area contributed by atoms with Crippen molar-refractivity contribution in [3.63, 3.8) is 0 Å². The predicted octanol–water partition coefficient (Wildman–Crippen LogP) is 4.38. The Labute approximate surface area is 180 Å². The Morgan fingerprint density at radius 2 is 1.68 bits per heavy atom. The summed E-state index contributed by atoms with van der Waals surface area (Å²) in [6.07, 6.45) is -0.0390. The number of hydrogen-bond acceptors (Lipinski definition) is 3. The number of carbonyl (C=O) groups is 2. The molecule has 0 spiro atoms. The molecule has 0 aliphatic rings. The number of para-hydroxylation sites is 1. The van der Waals surface area contributed by atoms with Crippen LogP contribution >= 0.6 is 0 Å². The van der Waals surface area contributed by atoms with E-state index in [0.717, 1.165) is 0 Å². The van der Waals surface area contributed by atoms with Gasteiger partial charge >= 0.3 is 6.03 Å². The fourth-order valence-electron chi connectivity index (χ4n) is 3.14. The van der Waals surface area contributed by atoms with E-state index in [4.69, 9.17) is 10.5 Å². The smallest absolute Gasteiger partial charge is 0.312 e. The first-order valence-corrected chi connectivity index (χ1v) is 9.78. The van der Waals surface area contributed by atoms with Crippen molar-refractivity contribution in [3.8, 4) is 11.5 Å². The Morgan fingerprint density at radius 3 is 2.39 bits per heavy atom. The molecule has 3 amide bonds. The standard InChI is InChI=1S/C24H24FN3O3/c1-28(16-18-8-5-6-13-21(18)25)23(29)15-22(27-24(26)30)17-9-7-12-20(14-17)31-19-10-3-2-4-11-19/h2-14,22H,15-16H2,1H3,(H3,26,27,30). The minimum absolute atomic E-state index is 0.0390. The highest BCUT2D eigenvalue weighted by atomic mass is 19.1. The van der Waals surface area contributed by atoms with Crippen molar-refractivity contribution >= 4 is 11.9 Å². The lowest BCUT2D eigenvalue weighted by Crippen LogP contribution is -2.37. The fraction of sp³-hybridized carbons (Fsp3) is 0.167. The third-order valence-electron chi connectivity index (χ3n) is 4.73. The van der Waals surface area contributed by atoms with Crippen LogP contribution in [0.25, 0.3) is 0 Å². The highest BCUT2D eigenvalue weighted by Gasteiger charge is 2.21. The van der Waals surface area contributed by atoms with Crippen LogP contribution in [0.5, 0.6) is 11.5 Å². The van der Waals surface area contributed by atoms with E-state index < -0.39 is 12.1 Å². The molecule has 0 fully saturated rings. The molecule has 0 aliphatic carbocycles. The van der Waals surface area contributed by atoms with E-state index in [1.165, 1.54) is 11.0 Å². The van der Waals surface area contributed by atoms with Crippen molar-refractivity contribution in [2.24, 2.45) is 5.73 Å². The second-order valence-electron chi connectivity index (χ2n) is 7.09. The number of urea groups is 1. The maximum absolute atomic E-state index is 13.9. The van der Waals surface area contributed by atoms with E-state index in [1.807, 2.05) is 30.3 Å². The molecule has 3 aromatic carbocycles. The van der Waals surface area contributed by atoms with Gasteiger partial charge in [0.2, 0.25) is 5.91 Å². The van der Waals surface area contributed by atoms with Crippen molar-refractivity contribution in [3.05, 3.63) is 95.8 Å². The van der Waals surface area contributed by atoms with E-state index >= 15 is 0 Å². The lowest BCUT2D eigenvalue weighted by atomic mass is 10.0. The van der Waals surface area contributed by atoms with Crippen molar-refractivity contribution in [2.45, 2.75) is 19.0 Å². The molecular weight excluding hydrogens is 397 g/mol. The van der Waals surface area contributed by atoms with Gasteiger partial charge in [-0.3, -0.25) is 4.79 Å². The third kappa shape index (κ3) is 6.30. The Bertz CT molecular complexity index is 1040. The normalized spacial score (nSPS) is 11.4. The third-order valence-corrected chi connectivity index (χ3v) is 4.73. The minimum atomic E-state index is -0.746. The predicted molar refractivity (Wildman–Crippen MR) is 116 cm³/mol. The number of rotatable bonds is 8. The number of primary amides is 1. The summed E-state index contributed by atoms with van der Waals surface area (Å²) in [5.74, 6) is 0.586. The first-order chi connectivity index (χ1) is 14.9. The summed E-state index contributed by atoms with van der Waals surface area (Å²) in [6.45, 7) is 0.117. The summed E-state index contributed by atoms with van der Waals surface area (Å²) in [4.78, 5) is 25.7. The number of benzene rings is 3. The number of carbonyl (C=O) groups excluding carboxylic acids is 2. The largest absolute Gasteiger partial charge is 0.457 e. The Kier molecular flexibility index (Phi) is 7.22. The molecule has 0 radical (unpaired) electrons. The van der Waals surface area contributed by atoms with Crippen molar-refractivity contribution in [2.75, 3.05) is 7.05 Å². The van der Waals surface area contributed by atoms with Gasteiger partial charge in [0.1, 0.15) is 17.3 Å². The van der Waals surface area contributed by atoms with Crippen molar-refractivity contribution in [1.29, 1.82) is 0 Å². The average Bonchev–Trinajstić information content (AvgIpc) is 2.75. The number of halogens is 1. The first-order valence-electron chi connectivity index (χ1n) is 9.78. The Balaban J connectivity index is 1.74. The zero-order valence-corrected chi connectivity index (χ0v) is 17.1. The van der Waals surface area contributed by atoms with Crippen LogP contribution in [0.1, 0.15) is 23.6 Å². The SMILES string of the molecule is CN(Cc1ccccc1F)C(=O)CC(NC(N)=O)c1cccc(Oc2ccccc2)c1. The van der Waals surface area contributed by atoms with E-state index in [1.54, 1.807) is 49.5 Å². The summed E-state index contributed by atoms with van der Waals surface area (Å²) in [6, 6.07) is 21.2. The van der Waals surface area contributed by atoms with Crippen LogP contribution in [0.4, 0.5) is 9.18 Å². The van der Waals surface area contributed by atoms with Gasteiger partial charge in [0, 0.05) is 19.2 Å². The van der Waals surface area contributed by atoms with Gasteiger partial charge in [-0.15, -0.1) is 0 Å². The van der Waals surface area contributed by atoms with Crippen LogP contribution in [0.2, 0.25) is 0 Å². The number of nitrogens with zero attached hydrogens (tertiary/aromatic N) is 1.